The van der Waals surface area contributed by atoms with Crippen LogP contribution in [0.1, 0.15) is 44.1 Å². The summed E-state index contributed by atoms with van der Waals surface area (Å²) in [4.78, 5) is 27.1. The molecule has 0 radical (unpaired) electrons. The van der Waals surface area contributed by atoms with E-state index in [1.165, 1.54) is 57.2 Å². The second-order valence-electron chi connectivity index (χ2n) is 10.3. The maximum atomic E-state index is 4.97. The normalized spacial score (nSPS) is 17.1. The quantitative estimate of drug-likeness (QED) is 0.358. The van der Waals surface area contributed by atoms with E-state index in [1.54, 1.807) is 0 Å². The molecule has 2 aliphatic rings. The number of nitrogens with zero attached hydrogens (tertiary/aromatic N) is 7. The second kappa shape index (κ2) is 9.55. The summed E-state index contributed by atoms with van der Waals surface area (Å²) in [6.45, 7) is 5.40. The van der Waals surface area contributed by atoms with Gasteiger partial charge in [-0.25, -0.2) is 15.0 Å². The van der Waals surface area contributed by atoms with Gasteiger partial charge in [-0.3, -0.25) is 15.0 Å². The smallest absolute Gasteiger partial charge is 0.161 e. The molecular weight excluding hydrogens is 462 g/mol. The van der Waals surface area contributed by atoms with Crippen molar-refractivity contribution >= 4 is 27.9 Å². The van der Waals surface area contributed by atoms with Gasteiger partial charge in [0, 0.05) is 55.5 Å². The lowest BCUT2D eigenvalue weighted by Crippen LogP contribution is -2.29. The number of anilines is 1. The molecule has 9 heteroatoms. The number of aromatic nitrogens is 7. The van der Waals surface area contributed by atoms with Crippen LogP contribution in [0.3, 0.4) is 0 Å². The molecule has 2 fully saturated rings. The molecule has 0 atom stereocenters. The van der Waals surface area contributed by atoms with E-state index in [1.807, 2.05) is 24.8 Å². The fraction of sp³-hybridized carbons (Fsp3) is 0.393. The Hall–Kier alpha value is -3.85. The molecule has 0 bridgehead atoms. The molecule has 0 spiro atoms. The first-order valence-electron chi connectivity index (χ1n) is 13.4. The summed E-state index contributed by atoms with van der Waals surface area (Å²) in [6.07, 6.45) is 15.3. The van der Waals surface area contributed by atoms with Crippen molar-refractivity contribution in [1.29, 1.82) is 0 Å². The lowest BCUT2D eigenvalue weighted by molar-refractivity contribution is 0.220. The lowest BCUT2D eigenvalue weighted by Gasteiger charge is -2.28. The Kier molecular flexibility index (Phi) is 5.77. The van der Waals surface area contributed by atoms with Crippen LogP contribution >= 0.6 is 0 Å². The van der Waals surface area contributed by atoms with Crippen molar-refractivity contribution < 1.29 is 0 Å². The minimum atomic E-state index is 0.703. The van der Waals surface area contributed by atoms with Gasteiger partial charge in [0.05, 0.1) is 11.1 Å². The monoisotopic (exact) mass is 493 g/mol. The van der Waals surface area contributed by atoms with Crippen LogP contribution < -0.4 is 4.90 Å². The Bertz CT molecular complexity index is 1540. The SMILES string of the molecule is c1cc(N2CCCCC2)c2nc(-c3n[nH]c4ncc(-c5cncc(CN6CCCCC6)c5)cc34)[nH]c2n1. The molecule has 188 valence electrons. The molecule has 0 aromatic carbocycles. The van der Waals surface area contributed by atoms with Gasteiger partial charge in [-0.2, -0.15) is 5.10 Å². The molecule has 7 heterocycles. The van der Waals surface area contributed by atoms with Gasteiger partial charge in [-0.05, 0) is 69.0 Å². The molecule has 2 N–H and O–H groups in total. The van der Waals surface area contributed by atoms with Crippen LogP contribution in [0.5, 0.6) is 0 Å². The number of nitrogens with one attached hydrogen (secondary N) is 2. The Morgan fingerprint density at radius 2 is 1.62 bits per heavy atom. The Balaban J connectivity index is 1.23. The maximum Gasteiger partial charge on any atom is 0.161 e. The molecule has 5 aromatic heterocycles. The minimum Gasteiger partial charge on any atom is -0.370 e. The van der Waals surface area contributed by atoms with Gasteiger partial charge < -0.3 is 9.88 Å². The van der Waals surface area contributed by atoms with E-state index >= 15 is 0 Å². The molecule has 37 heavy (non-hydrogen) atoms. The molecule has 5 aromatic rings. The predicted octanol–water partition coefficient (Wildman–Crippen LogP) is 4.93. The summed E-state index contributed by atoms with van der Waals surface area (Å²) in [5.74, 6) is 0.703. The fourth-order valence-electron chi connectivity index (χ4n) is 5.75. The average Bonchev–Trinajstić information content (AvgIpc) is 3.58. The molecule has 0 saturated carbocycles. The zero-order chi connectivity index (χ0) is 24.6. The summed E-state index contributed by atoms with van der Waals surface area (Å²) in [5, 5.41) is 8.59. The molecule has 7 rings (SSSR count). The molecule has 2 aliphatic heterocycles. The van der Waals surface area contributed by atoms with E-state index in [4.69, 9.17) is 4.98 Å². The molecule has 2 saturated heterocycles. The molecule has 0 aliphatic carbocycles. The highest BCUT2D eigenvalue weighted by atomic mass is 15.2. The van der Waals surface area contributed by atoms with Crippen LogP contribution in [-0.2, 0) is 6.54 Å². The minimum absolute atomic E-state index is 0.703. The van der Waals surface area contributed by atoms with E-state index < -0.39 is 0 Å². The predicted molar refractivity (Wildman–Crippen MR) is 145 cm³/mol. The van der Waals surface area contributed by atoms with Gasteiger partial charge >= 0.3 is 0 Å². The average molecular weight is 494 g/mol. The third kappa shape index (κ3) is 4.33. The van der Waals surface area contributed by atoms with Crippen LogP contribution in [0.25, 0.3) is 44.8 Å². The topological polar surface area (TPSA) is 103 Å². The summed E-state index contributed by atoms with van der Waals surface area (Å²) in [6, 6.07) is 6.44. The summed E-state index contributed by atoms with van der Waals surface area (Å²) < 4.78 is 0. The molecular formula is C28H31N9. The number of piperidine rings is 2. The van der Waals surface area contributed by atoms with Crippen LogP contribution in [0, 0.1) is 0 Å². The first kappa shape index (κ1) is 22.4. The lowest BCUT2D eigenvalue weighted by atomic mass is 10.1. The second-order valence-corrected chi connectivity index (χ2v) is 10.3. The number of aromatic amines is 2. The van der Waals surface area contributed by atoms with Crippen molar-refractivity contribution in [2.45, 2.75) is 45.1 Å². The van der Waals surface area contributed by atoms with E-state index in [2.05, 4.69) is 58.1 Å². The van der Waals surface area contributed by atoms with E-state index in [0.717, 1.165) is 64.3 Å². The molecule has 0 unspecified atom stereocenters. The van der Waals surface area contributed by atoms with E-state index in [-0.39, 0.29) is 0 Å². The van der Waals surface area contributed by atoms with E-state index in [0.29, 0.717) is 5.82 Å². The van der Waals surface area contributed by atoms with Gasteiger partial charge in [0.1, 0.15) is 11.2 Å². The standard InChI is InChI=1S/C28H31N9/c1-3-9-36(10-4-1)18-19-13-20(16-29-15-19)21-14-22-24(34-35-26(22)31-17-21)28-32-25-23(7-8-30-27(25)33-28)37-11-5-2-6-12-37/h7-8,13-17H,1-6,9-12,18H2,(H,30,32,33)(H,31,34,35). The number of pyridine rings is 3. The summed E-state index contributed by atoms with van der Waals surface area (Å²) in [5.41, 5.74) is 7.64. The van der Waals surface area contributed by atoms with Gasteiger partial charge in [0.2, 0.25) is 0 Å². The van der Waals surface area contributed by atoms with Crippen LogP contribution in [0.2, 0.25) is 0 Å². The van der Waals surface area contributed by atoms with Crippen molar-refractivity contribution in [3.63, 3.8) is 0 Å². The first-order valence-corrected chi connectivity index (χ1v) is 13.4. The van der Waals surface area contributed by atoms with Crippen molar-refractivity contribution in [3.05, 3.63) is 48.5 Å². The highest BCUT2D eigenvalue weighted by Gasteiger charge is 2.20. The third-order valence-electron chi connectivity index (χ3n) is 7.68. The van der Waals surface area contributed by atoms with Crippen molar-refractivity contribution in [3.8, 4) is 22.6 Å². The van der Waals surface area contributed by atoms with Gasteiger partial charge in [-0.1, -0.05) is 6.42 Å². The third-order valence-corrected chi connectivity index (χ3v) is 7.68. The number of H-pyrrole nitrogens is 2. The van der Waals surface area contributed by atoms with Gasteiger partial charge in [-0.15, -0.1) is 0 Å². The summed E-state index contributed by atoms with van der Waals surface area (Å²) in [7, 11) is 0. The van der Waals surface area contributed by atoms with Crippen molar-refractivity contribution in [2.24, 2.45) is 0 Å². The molecule has 0 amide bonds. The van der Waals surface area contributed by atoms with Crippen molar-refractivity contribution in [1.82, 2.24) is 40.0 Å². The largest absolute Gasteiger partial charge is 0.370 e. The number of imidazole rings is 1. The number of hydrogen-bond donors (Lipinski definition) is 2. The Labute approximate surface area is 215 Å². The number of hydrogen-bond acceptors (Lipinski definition) is 7. The Morgan fingerprint density at radius 3 is 2.49 bits per heavy atom. The zero-order valence-electron chi connectivity index (χ0n) is 21.0. The highest BCUT2D eigenvalue weighted by Crippen LogP contribution is 2.32. The van der Waals surface area contributed by atoms with Crippen molar-refractivity contribution in [2.75, 3.05) is 31.1 Å². The fourth-order valence-corrected chi connectivity index (χ4v) is 5.75. The number of likely N-dealkylation sites (tertiary alicyclic amines) is 1. The van der Waals surface area contributed by atoms with Crippen LogP contribution in [0.4, 0.5) is 5.69 Å². The van der Waals surface area contributed by atoms with Gasteiger partial charge in [0.25, 0.3) is 0 Å². The molecule has 9 nitrogen and oxygen atoms in total. The maximum absolute atomic E-state index is 4.97. The van der Waals surface area contributed by atoms with Gasteiger partial charge in [0.15, 0.2) is 17.1 Å². The zero-order valence-corrected chi connectivity index (χ0v) is 21.0. The number of fused-ring (bicyclic) bond motifs is 2. The Morgan fingerprint density at radius 1 is 0.811 bits per heavy atom. The highest BCUT2D eigenvalue weighted by molar-refractivity contribution is 5.95. The summed E-state index contributed by atoms with van der Waals surface area (Å²) >= 11 is 0. The van der Waals surface area contributed by atoms with Crippen LogP contribution in [-0.4, -0.2) is 66.2 Å². The number of rotatable bonds is 5. The van der Waals surface area contributed by atoms with E-state index in [9.17, 15) is 0 Å². The van der Waals surface area contributed by atoms with Crippen LogP contribution in [0.15, 0.2) is 43.0 Å². The first-order chi connectivity index (χ1) is 18.3.